The summed E-state index contributed by atoms with van der Waals surface area (Å²) in [7, 11) is -3.77. The van der Waals surface area contributed by atoms with Crippen LogP contribution in [0.4, 0.5) is 0 Å². The van der Waals surface area contributed by atoms with E-state index in [0.29, 0.717) is 0 Å². The quantitative estimate of drug-likeness (QED) is 0.705. The molecule has 0 spiro atoms. The first-order valence-electron chi connectivity index (χ1n) is 8.43. The molecular formula is C20H20N2O4S. The molecule has 1 aromatic carbocycles. The summed E-state index contributed by atoms with van der Waals surface area (Å²) in [5, 5.41) is 1.61. The van der Waals surface area contributed by atoms with E-state index in [4.69, 9.17) is 4.42 Å². The van der Waals surface area contributed by atoms with Gasteiger partial charge in [-0.15, -0.1) is 0 Å². The van der Waals surface area contributed by atoms with Crippen LogP contribution >= 0.6 is 0 Å². The highest BCUT2D eigenvalue weighted by Crippen LogP contribution is 2.30. The number of carbonyl (C=O) groups excluding carboxylic acids is 1. The van der Waals surface area contributed by atoms with Gasteiger partial charge in [0.2, 0.25) is 0 Å². The van der Waals surface area contributed by atoms with Crippen LogP contribution in [0.25, 0.3) is 0 Å². The Labute approximate surface area is 158 Å². The standard InChI is InChI=1S/C20H20N2O4S/c1-14-8-9-16(12-15(14)2)27(24,25)19(18-7-5-11-26-18)13-22-20(23)17-6-3-4-10-21-17/h3-12,19H,13H2,1-2H3,(H,22,23)/t19-/m1/s1. The van der Waals surface area contributed by atoms with Gasteiger partial charge in [0.15, 0.2) is 9.84 Å². The lowest BCUT2D eigenvalue weighted by Gasteiger charge is -2.17. The Morgan fingerprint density at radius 3 is 2.56 bits per heavy atom. The normalized spacial score (nSPS) is 12.5. The Hall–Kier alpha value is -2.93. The molecule has 0 bridgehead atoms. The SMILES string of the molecule is Cc1ccc(S(=O)(=O)[C@H](CNC(=O)c2ccccn2)c2ccco2)cc1C. The van der Waals surface area contributed by atoms with Gasteiger partial charge < -0.3 is 9.73 Å². The summed E-state index contributed by atoms with van der Waals surface area (Å²) in [4.78, 5) is 16.5. The zero-order valence-corrected chi connectivity index (χ0v) is 15.9. The van der Waals surface area contributed by atoms with E-state index in [9.17, 15) is 13.2 Å². The van der Waals surface area contributed by atoms with Gasteiger partial charge >= 0.3 is 0 Å². The minimum Gasteiger partial charge on any atom is -0.468 e. The number of aryl methyl sites for hydroxylation is 2. The lowest BCUT2D eigenvalue weighted by molar-refractivity contribution is 0.0948. The topological polar surface area (TPSA) is 89.3 Å². The second kappa shape index (κ2) is 7.75. The van der Waals surface area contributed by atoms with Gasteiger partial charge in [0.1, 0.15) is 16.7 Å². The molecule has 0 radical (unpaired) electrons. The molecule has 1 atom stereocenters. The fraction of sp³-hybridized carbons (Fsp3) is 0.200. The molecule has 3 aromatic rings. The highest BCUT2D eigenvalue weighted by atomic mass is 32.2. The fourth-order valence-electron chi connectivity index (χ4n) is 2.67. The molecule has 2 heterocycles. The fourth-order valence-corrected chi connectivity index (χ4v) is 4.34. The van der Waals surface area contributed by atoms with Crippen molar-refractivity contribution in [1.82, 2.24) is 10.3 Å². The van der Waals surface area contributed by atoms with Crippen molar-refractivity contribution in [2.45, 2.75) is 24.0 Å². The average molecular weight is 384 g/mol. The maximum absolute atomic E-state index is 13.2. The number of rotatable bonds is 6. The smallest absolute Gasteiger partial charge is 0.269 e. The average Bonchev–Trinajstić information content (AvgIpc) is 3.18. The molecule has 2 aromatic heterocycles. The number of aromatic nitrogens is 1. The van der Waals surface area contributed by atoms with Crippen molar-refractivity contribution in [3.8, 4) is 0 Å². The third-order valence-electron chi connectivity index (χ3n) is 4.39. The Kier molecular flexibility index (Phi) is 5.41. The first-order chi connectivity index (χ1) is 12.9. The van der Waals surface area contributed by atoms with Crippen LogP contribution in [0.5, 0.6) is 0 Å². The van der Waals surface area contributed by atoms with Crippen molar-refractivity contribution in [3.05, 3.63) is 83.6 Å². The van der Waals surface area contributed by atoms with Crippen molar-refractivity contribution in [3.63, 3.8) is 0 Å². The molecule has 6 nitrogen and oxygen atoms in total. The Balaban J connectivity index is 1.90. The highest BCUT2D eigenvalue weighted by molar-refractivity contribution is 7.91. The summed E-state index contributed by atoms with van der Waals surface area (Å²) in [5.74, 6) is -0.169. The number of nitrogens with one attached hydrogen (secondary N) is 1. The van der Waals surface area contributed by atoms with Gasteiger partial charge in [0, 0.05) is 12.7 Å². The largest absolute Gasteiger partial charge is 0.468 e. The number of sulfone groups is 1. The van der Waals surface area contributed by atoms with Crippen LogP contribution in [0.15, 0.2) is 70.3 Å². The summed E-state index contributed by atoms with van der Waals surface area (Å²) < 4.78 is 31.8. The predicted octanol–water partition coefficient (Wildman–Crippen LogP) is 3.24. The van der Waals surface area contributed by atoms with E-state index in [1.165, 1.54) is 12.5 Å². The van der Waals surface area contributed by atoms with Gasteiger partial charge in [-0.25, -0.2) is 8.42 Å². The lowest BCUT2D eigenvalue weighted by atomic mass is 10.1. The number of carbonyl (C=O) groups is 1. The Morgan fingerprint density at radius 1 is 1.11 bits per heavy atom. The van der Waals surface area contributed by atoms with Crippen molar-refractivity contribution >= 4 is 15.7 Å². The van der Waals surface area contributed by atoms with Crippen LogP contribution < -0.4 is 5.32 Å². The third kappa shape index (κ3) is 4.09. The number of hydrogen-bond donors (Lipinski definition) is 1. The Morgan fingerprint density at radius 2 is 1.93 bits per heavy atom. The maximum Gasteiger partial charge on any atom is 0.269 e. The number of amides is 1. The van der Waals surface area contributed by atoms with E-state index in [1.807, 2.05) is 13.8 Å². The molecule has 0 aliphatic heterocycles. The van der Waals surface area contributed by atoms with Crippen LogP contribution in [0, 0.1) is 13.8 Å². The van der Waals surface area contributed by atoms with Crippen LogP contribution in [-0.2, 0) is 9.84 Å². The number of hydrogen-bond acceptors (Lipinski definition) is 5. The van der Waals surface area contributed by atoms with Crippen LogP contribution in [0.1, 0.15) is 32.6 Å². The van der Waals surface area contributed by atoms with Crippen LogP contribution in [-0.4, -0.2) is 25.9 Å². The molecule has 27 heavy (non-hydrogen) atoms. The minimum atomic E-state index is -3.77. The monoisotopic (exact) mass is 384 g/mol. The molecule has 1 N–H and O–H groups in total. The summed E-state index contributed by atoms with van der Waals surface area (Å²) >= 11 is 0. The molecule has 0 unspecified atom stereocenters. The molecule has 7 heteroatoms. The molecular weight excluding hydrogens is 364 g/mol. The molecule has 140 valence electrons. The van der Waals surface area contributed by atoms with Crippen LogP contribution in [0.3, 0.4) is 0 Å². The van der Waals surface area contributed by atoms with Gasteiger partial charge in [-0.1, -0.05) is 12.1 Å². The van der Waals surface area contributed by atoms with Gasteiger partial charge in [-0.3, -0.25) is 9.78 Å². The molecule has 0 saturated heterocycles. The van der Waals surface area contributed by atoms with E-state index in [1.54, 1.807) is 48.5 Å². The molecule has 0 aliphatic rings. The minimum absolute atomic E-state index is 0.127. The summed E-state index contributed by atoms with van der Waals surface area (Å²) in [6.45, 7) is 3.65. The number of furan rings is 1. The number of pyridine rings is 1. The predicted molar refractivity (Wildman–Crippen MR) is 101 cm³/mol. The zero-order chi connectivity index (χ0) is 19.4. The molecule has 1 amide bonds. The van der Waals surface area contributed by atoms with Gasteiger partial charge in [0.25, 0.3) is 5.91 Å². The first-order valence-corrected chi connectivity index (χ1v) is 9.98. The molecule has 0 aliphatic carbocycles. The number of benzene rings is 1. The van der Waals surface area contributed by atoms with Crippen molar-refractivity contribution < 1.29 is 17.6 Å². The van der Waals surface area contributed by atoms with E-state index < -0.39 is 21.0 Å². The summed E-state index contributed by atoms with van der Waals surface area (Å²) in [6.07, 6.45) is 2.92. The third-order valence-corrected chi connectivity index (χ3v) is 6.45. The summed E-state index contributed by atoms with van der Waals surface area (Å²) in [6, 6.07) is 13.2. The lowest BCUT2D eigenvalue weighted by Crippen LogP contribution is -2.32. The van der Waals surface area contributed by atoms with Gasteiger partial charge in [-0.05, 0) is 61.4 Å². The second-order valence-corrected chi connectivity index (χ2v) is 8.35. The highest BCUT2D eigenvalue weighted by Gasteiger charge is 2.32. The first kappa shape index (κ1) is 18.8. The van der Waals surface area contributed by atoms with Gasteiger partial charge in [-0.2, -0.15) is 0 Å². The Bertz CT molecular complexity index is 1030. The second-order valence-electron chi connectivity index (χ2n) is 6.22. The van der Waals surface area contributed by atoms with Crippen molar-refractivity contribution in [2.24, 2.45) is 0 Å². The summed E-state index contributed by atoms with van der Waals surface area (Å²) in [5.41, 5.74) is 2.11. The van der Waals surface area contributed by atoms with E-state index in [0.717, 1.165) is 11.1 Å². The zero-order valence-electron chi connectivity index (χ0n) is 15.0. The van der Waals surface area contributed by atoms with Crippen molar-refractivity contribution in [2.75, 3.05) is 6.54 Å². The molecule has 0 saturated carbocycles. The van der Waals surface area contributed by atoms with E-state index in [-0.39, 0.29) is 22.9 Å². The maximum atomic E-state index is 13.2. The van der Waals surface area contributed by atoms with Crippen molar-refractivity contribution in [1.29, 1.82) is 0 Å². The van der Waals surface area contributed by atoms with E-state index in [2.05, 4.69) is 10.3 Å². The van der Waals surface area contributed by atoms with Crippen LogP contribution in [0.2, 0.25) is 0 Å². The van der Waals surface area contributed by atoms with E-state index >= 15 is 0 Å². The molecule has 0 fully saturated rings. The van der Waals surface area contributed by atoms with Gasteiger partial charge in [0.05, 0.1) is 11.2 Å². The number of nitrogens with zero attached hydrogens (tertiary/aromatic N) is 1. The molecule has 3 rings (SSSR count).